The van der Waals surface area contributed by atoms with Crippen molar-refractivity contribution in [3.8, 4) is 5.75 Å². The van der Waals surface area contributed by atoms with E-state index in [-0.39, 0.29) is 6.04 Å². The van der Waals surface area contributed by atoms with Crippen LogP contribution in [0.5, 0.6) is 5.75 Å². The Morgan fingerprint density at radius 2 is 2.04 bits per heavy atom. The molecule has 1 N–H and O–H groups in total. The molecule has 2 heterocycles. The van der Waals surface area contributed by atoms with Gasteiger partial charge in [0.25, 0.3) is 0 Å². The summed E-state index contributed by atoms with van der Waals surface area (Å²) in [6, 6.07) is 7.83. The normalized spacial score (nSPS) is 23.6. The Kier molecular flexibility index (Phi) is 4.29. The Labute approximate surface area is 148 Å². The average Bonchev–Trinajstić information content (AvgIpc) is 3.17. The summed E-state index contributed by atoms with van der Waals surface area (Å²) in [5.74, 6) is 2.41. The maximum Gasteiger partial charge on any atom is 0.144 e. The summed E-state index contributed by atoms with van der Waals surface area (Å²) < 4.78 is 10.7. The lowest BCUT2D eigenvalue weighted by molar-refractivity contribution is -0.0256. The summed E-state index contributed by atoms with van der Waals surface area (Å²) in [5, 5.41) is 15.3. The van der Waals surface area contributed by atoms with Gasteiger partial charge in [0.1, 0.15) is 17.1 Å². The third-order valence-corrected chi connectivity index (χ3v) is 5.68. The van der Waals surface area contributed by atoms with E-state index in [1.165, 1.54) is 18.4 Å². The van der Waals surface area contributed by atoms with Crippen LogP contribution in [0.15, 0.2) is 35.0 Å². The van der Waals surface area contributed by atoms with Crippen molar-refractivity contribution in [1.82, 2.24) is 10.1 Å². The number of benzene rings is 1. The third kappa shape index (κ3) is 3.18. The molecule has 0 bridgehead atoms. The van der Waals surface area contributed by atoms with Crippen molar-refractivity contribution < 1.29 is 14.4 Å². The molecule has 0 radical (unpaired) electrons. The molecular weight excluding hydrogens is 316 g/mol. The van der Waals surface area contributed by atoms with Crippen molar-refractivity contribution in [1.29, 1.82) is 0 Å². The Morgan fingerprint density at radius 3 is 2.72 bits per heavy atom. The van der Waals surface area contributed by atoms with Crippen LogP contribution in [0.2, 0.25) is 0 Å². The van der Waals surface area contributed by atoms with E-state index in [1.54, 1.807) is 7.11 Å². The lowest BCUT2D eigenvalue weighted by Crippen LogP contribution is -2.45. The minimum Gasteiger partial charge on any atom is -0.497 e. The first kappa shape index (κ1) is 16.6. The van der Waals surface area contributed by atoms with E-state index in [4.69, 9.17) is 9.26 Å². The molecule has 4 rings (SSSR count). The number of methoxy groups -OCH3 is 1. The molecule has 5 heteroatoms. The molecule has 134 valence electrons. The second kappa shape index (κ2) is 6.46. The number of aliphatic hydroxyl groups is 1. The molecule has 2 aliphatic rings. The van der Waals surface area contributed by atoms with Gasteiger partial charge in [0.2, 0.25) is 0 Å². The van der Waals surface area contributed by atoms with Crippen LogP contribution < -0.4 is 4.74 Å². The Morgan fingerprint density at radius 1 is 1.28 bits per heavy atom. The predicted molar refractivity (Wildman–Crippen MR) is 94.5 cm³/mol. The lowest BCUT2D eigenvalue weighted by atomic mass is 9.86. The zero-order chi connectivity index (χ0) is 17.4. The number of hydrogen-bond donors (Lipinski definition) is 1. The quantitative estimate of drug-likeness (QED) is 0.871. The van der Waals surface area contributed by atoms with E-state index in [2.05, 4.69) is 10.1 Å². The standard InChI is InChI=1S/C20H26N2O3/c1-20(23,16-7-9-17(24-2)10-8-16)18-4-3-11-22(18)13-15-12-21-25-19(15)14-5-6-14/h7-10,12,14,18,23H,3-6,11,13H2,1-2H3. The zero-order valence-electron chi connectivity index (χ0n) is 14.9. The molecule has 1 aliphatic carbocycles. The fraction of sp³-hybridized carbons (Fsp3) is 0.550. The van der Waals surface area contributed by atoms with Gasteiger partial charge in [-0.3, -0.25) is 4.90 Å². The number of rotatable bonds is 6. The molecule has 2 atom stereocenters. The Hall–Kier alpha value is -1.85. The van der Waals surface area contributed by atoms with E-state index in [0.29, 0.717) is 5.92 Å². The van der Waals surface area contributed by atoms with Crippen molar-refractivity contribution in [3.05, 3.63) is 47.3 Å². The highest BCUT2D eigenvalue weighted by Gasteiger charge is 2.41. The summed E-state index contributed by atoms with van der Waals surface area (Å²) >= 11 is 0. The second-order valence-corrected chi connectivity index (χ2v) is 7.49. The highest BCUT2D eigenvalue weighted by Crippen LogP contribution is 2.43. The van der Waals surface area contributed by atoms with Gasteiger partial charge in [0.15, 0.2) is 0 Å². The molecule has 0 amide bonds. The molecular formula is C20H26N2O3. The van der Waals surface area contributed by atoms with Crippen LogP contribution in [0, 0.1) is 0 Å². The minimum atomic E-state index is -0.903. The molecule has 1 aliphatic heterocycles. The number of likely N-dealkylation sites (tertiary alicyclic amines) is 1. The van der Waals surface area contributed by atoms with E-state index in [9.17, 15) is 5.11 Å². The monoisotopic (exact) mass is 342 g/mol. The van der Waals surface area contributed by atoms with Crippen LogP contribution in [0.1, 0.15) is 55.4 Å². The van der Waals surface area contributed by atoms with Crippen LogP contribution in [-0.2, 0) is 12.1 Å². The van der Waals surface area contributed by atoms with Gasteiger partial charge >= 0.3 is 0 Å². The van der Waals surface area contributed by atoms with Gasteiger partial charge in [-0.15, -0.1) is 0 Å². The number of aromatic nitrogens is 1. The van der Waals surface area contributed by atoms with Crippen molar-refractivity contribution in [2.24, 2.45) is 0 Å². The van der Waals surface area contributed by atoms with E-state index >= 15 is 0 Å². The predicted octanol–water partition coefficient (Wildman–Crippen LogP) is 3.43. The van der Waals surface area contributed by atoms with Crippen molar-refractivity contribution in [2.75, 3.05) is 13.7 Å². The number of nitrogens with zero attached hydrogens (tertiary/aromatic N) is 2. The maximum absolute atomic E-state index is 11.3. The van der Waals surface area contributed by atoms with Crippen molar-refractivity contribution in [3.63, 3.8) is 0 Å². The molecule has 1 aromatic carbocycles. The largest absolute Gasteiger partial charge is 0.497 e. The minimum absolute atomic E-state index is 0.0860. The molecule has 2 fully saturated rings. The average molecular weight is 342 g/mol. The topological polar surface area (TPSA) is 58.7 Å². The summed E-state index contributed by atoms with van der Waals surface area (Å²) in [4.78, 5) is 2.38. The first-order valence-corrected chi connectivity index (χ1v) is 9.14. The number of ether oxygens (including phenoxy) is 1. The van der Waals surface area contributed by atoms with Gasteiger partial charge < -0.3 is 14.4 Å². The Balaban J connectivity index is 1.54. The highest BCUT2D eigenvalue weighted by atomic mass is 16.5. The Bertz CT molecular complexity index is 719. The van der Waals surface area contributed by atoms with Gasteiger partial charge in [-0.1, -0.05) is 17.3 Å². The second-order valence-electron chi connectivity index (χ2n) is 7.49. The first-order chi connectivity index (χ1) is 12.1. The first-order valence-electron chi connectivity index (χ1n) is 9.14. The summed E-state index contributed by atoms with van der Waals surface area (Å²) in [6.07, 6.45) is 6.35. The SMILES string of the molecule is COc1ccc(C(C)(O)C2CCCN2Cc2cnoc2C2CC2)cc1. The molecule has 1 aromatic heterocycles. The highest BCUT2D eigenvalue weighted by molar-refractivity contribution is 5.32. The van der Waals surface area contributed by atoms with Crippen molar-refractivity contribution in [2.45, 2.75) is 56.7 Å². The molecule has 1 saturated heterocycles. The maximum atomic E-state index is 11.3. The molecule has 0 spiro atoms. The van der Waals surface area contributed by atoms with Gasteiger partial charge in [-0.05, 0) is 56.8 Å². The van der Waals surface area contributed by atoms with E-state index in [0.717, 1.165) is 43.0 Å². The van der Waals surface area contributed by atoms with Crippen LogP contribution in [0.4, 0.5) is 0 Å². The van der Waals surface area contributed by atoms with E-state index in [1.807, 2.05) is 37.4 Å². The fourth-order valence-electron chi connectivity index (χ4n) is 4.06. The summed E-state index contributed by atoms with van der Waals surface area (Å²) in [7, 11) is 1.66. The smallest absolute Gasteiger partial charge is 0.144 e. The van der Waals surface area contributed by atoms with E-state index < -0.39 is 5.60 Å². The number of hydrogen-bond acceptors (Lipinski definition) is 5. The molecule has 5 nitrogen and oxygen atoms in total. The van der Waals surface area contributed by atoms with Crippen LogP contribution in [-0.4, -0.2) is 34.9 Å². The molecule has 2 aromatic rings. The molecule has 1 saturated carbocycles. The molecule has 2 unspecified atom stereocenters. The van der Waals surface area contributed by atoms with Crippen LogP contribution in [0.3, 0.4) is 0 Å². The molecule has 25 heavy (non-hydrogen) atoms. The van der Waals surface area contributed by atoms with Gasteiger partial charge in [0.05, 0.1) is 13.3 Å². The van der Waals surface area contributed by atoms with Gasteiger partial charge in [0, 0.05) is 24.1 Å². The summed E-state index contributed by atoms with van der Waals surface area (Å²) in [6.45, 7) is 3.71. The van der Waals surface area contributed by atoms with Gasteiger partial charge in [-0.2, -0.15) is 0 Å². The van der Waals surface area contributed by atoms with Gasteiger partial charge in [-0.25, -0.2) is 0 Å². The van der Waals surface area contributed by atoms with Crippen molar-refractivity contribution >= 4 is 0 Å². The zero-order valence-corrected chi connectivity index (χ0v) is 14.9. The third-order valence-electron chi connectivity index (χ3n) is 5.68. The summed E-state index contributed by atoms with van der Waals surface area (Å²) in [5.41, 5.74) is 1.21. The van der Waals surface area contributed by atoms with Crippen LogP contribution >= 0.6 is 0 Å². The van der Waals surface area contributed by atoms with Crippen LogP contribution in [0.25, 0.3) is 0 Å². The lowest BCUT2D eigenvalue weighted by Gasteiger charge is -2.37. The fourth-order valence-corrected chi connectivity index (χ4v) is 4.06.